The minimum atomic E-state index is -3.17. The molecule has 0 spiro atoms. The molecule has 1 aliphatic carbocycles. The highest BCUT2D eigenvalue weighted by atomic mass is 32.2. The Labute approximate surface area is 222 Å². The fourth-order valence-electron chi connectivity index (χ4n) is 8.06. The summed E-state index contributed by atoms with van der Waals surface area (Å²) >= 11 is 0. The molecule has 0 N–H and O–H groups in total. The van der Waals surface area contributed by atoms with Crippen molar-refractivity contribution in [2.45, 2.75) is 93.8 Å². The summed E-state index contributed by atoms with van der Waals surface area (Å²) in [5, 5.41) is 0. The minimum Gasteiger partial charge on any atom is -0.334 e. The van der Waals surface area contributed by atoms with Crippen molar-refractivity contribution in [2.24, 2.45) is 17.8 Å². The van der Waals surface area contributed by atoms with E-state index in [1.54, 1.807) is 12.1 Å². The van der Waals surface area contributed by atoms with Crippen LogP contribution in [0.5, 0.6) is 0 Å². The molecule has 4 aliphatic heterocycles. The average molecular weight is 523 g/mol. The second-order valence-corrected chi connectivity index (χ2v) is 14.8. The third kappa shape index (κ3) is 4.92. The number of benzene rings is 1. The maximum atomic E-state index is 11.8. The molecule has 4 fully saturated rings. The van der Waals surface area contributed by atoms with E-state index >= 15 is 0 Å². The van der Waals surface area contributed by atoms with Gasteiger partial charge < -0.3 is 9.47 Å². The number of nitrogens with zero attached hydrogens (tertiary/aromatic N) is 4. The number of hydrogen-bond donors (Lipinski definition) is 0. The van der Waals surface area contributed by atoms with Gasteiger partial charge in [-0.1, -0.05) is 12.1 Å². The van der Waals surface area contributed by atoms with Gasteiger partial charge in [0.25, 0.3) is 0 Å². The van der Waals surface area contributed by atoms with E-state index in [2.05, 4.69) is 20.6 Å². The van der Waals surface area contributed by atoms with Crippen molar-refractivity contribution < 1.29 is 8.42 Å². The third-order valence-corrected chi connectivity index (χ3v) is 11.5. The maximum absolute atomic E-state index is 11.8. The summed E-state index contributed by atoms with van der Waals surface area (Å²) in [6, 6.07) is 9.75. The largest absolute Gasteiger partial charge is 0.334 e. The van der Waals surface area contributed by atoms with Crippen molar-refractivity contribution in [3.63, 3.8) is 0 Å². The van der Waals surface area contributed by atoms with Crippen LogP contribution in [0.2, 0.25) is 0 Å². The van der Waals surface area contributed by atoms with Crippen LogP contribution in [0.1, 0.15) is 63.6 Å². The van der Waals surface area contributed by atoms with Gasteiger partial charge in [0.1, 0.15) is 5.82 Å². The Hall–Kier alpha value is -1.70. The Morgan fingerprint density at radius 3 is 2.22 bits per heavy atom. The van der Waals surface area contributed by atoms with Crippen LogP contribution < -0.4 is 0 Å². The van der Waals surface area contributed by atoms with Crippen molar-refractivity contribution in [3.05, 3.63) is 36.3 Å². The summed E-state index contributed by atoms with van der Waals surface area (Å²) < 4.78 is 26.0. The van der Waals surface area contributed by atoms with Gasteiger partial charge in [0.15, 0.2) is 9.84 Å². The molecule has 5 heterocycles. The lowest BCUT2D eigenvalue weighted by molar-refractivity contribution is 0.0289. The smallest absolute Gasteiger partial charge is 0.175 e. The number of piperidine rings is 2. The van der Waals surface area contributed by atoms with Crippen LogP contribution in [0.3, 0.4) is 0 Å². The third-order valence-electron chi connectivity index (χ3n) is 10.4. The lowest BCUT2D eigenvalue weighted by atomic mass is 9.79. The molecule has 0 amide bonds. The van der Waals surface area contributed by atoms with E-state index < -0.39 is 9.84 Å². The van der Waals surface area contributed by atoms with Gasteiger partial charge in [-0.25, -0.2) is 13.4 Å². The van der Waals surface area contributed by atoms with E-state index in [-0.39, 0.29) is 0 Å². The maximum Gasteiger partial charge on any atom is 0.175 e. The van der Waals surface area contributed by atoms with Crippen molar-refractivity contribution in [1.29, 1.82) is 0 Å². The van der Waals surface area contributed by atoms with Gasteiger partial charge in [-0.3, -0.25) is 4.90 Å². The van der Waals surface area contributed by atoms with Crippen molar-refractivity contribution in [2.75, 3.05) is 25.9 Å². The number of sulfone groups is 1. The van der Waals surface area contributed by atoms with E-state index in [1.165, 1.54) is 89.5 Å². The molecule has 7 rings (SSSR count). The molecule has 2 aromatic rings. The molecule has 37 heavy (non-hydrogen) atoms. The quantitative estimate of drug-likeness (QED) is 0.554. The Balaban J connectivity index is 0.947. The highest BCUT2D eigenvalue weighted by molar-refractivity contribution is 7.90. The van der Waals surface area contributed by atoms with Crippen molar-refractivity contribution in [3.8, 4) is 11.3 Å². The molecule has 200 valence electrons. The normalized spacial score (nSPS) is 31.5. The Kier molecular flexibility index (Phi) is 6.25. The number of rotatable bonds is 6. The van der Waals surface area contributed by atoms with Crippen LogP contribution in [0, 0.1) is 17.8 Å². The minimum absolute atomic E-state index is 0.364. The predicted octanol–water partition coefficient (Wildman–Crippen LogP) is 4.63. The zero-order valence-corrected chi connectivity index (χ0v) is 23.1. The molecular formula is C30H42N4O2S. The molecular weight excluding hydrogens is 480 g/mol. The van der Waals surface area contributed by atoms with Gasteiger partial charge in [0.05, 0.1) is 10.6 Å². The van der Waals surface area contributed by atoms with E-state index in [4.69, 9.17) is 4.98 Å². The van der Waals surface area contributed by atoms with Crippen LogP contribution in [0.15, 0.2) is 35.4 Å². The highest BCUT2D eigenvalue weighted by Crippen LogP contribution is 2.42. The molecule has 1 saturated carbocycles. The number of aryl methyl sites for hydroxylation is 1. The van der Waals surface area contributed by atoms with Crippen molar-refractivity contribution in [1.82, 2.24) is 19.4 Å². The number of aromatic nitrogens is 2. The number of likely N-dealkylation sites (tertiary alicyclic amines) is 1. The summed E-state index contributed by atoms with van der Waals surface area (Å²) in [7, 11) is -3.17. The first-order chi connectivity index (χ1) is 17.9. The highest BCUT2D eigenvalue weighted by Gasteiger charge is 2.44. The first-order valence-electron chi connectivity index (χ1n) is 14.8. The molecule has 2 unspecified atom stereocenters. The molecule has 3 saturated heterocycles. The fraction of sp³-hybridized carbons (Fsp3) is 0.700. The van der Waals surface area contributed by atoms with E-state index in [9.17, 15) is 8.42 Å². The molecule has 6 nitrogen and oxygen atoms in total. The predicted molar refractivity (Wildman–Crippen MR) is 146 cm³/mol. The Morgan fingerprint density at radius 2 is 1.57 bits per heavy atom. The number of fused-ring (bicyclic) bond motifs is 3. The zero-order chi connectivity index (χ0) is 25.1. The van der Waals surface area contributed by atoms with Gasteiger partial charge >= 0.3 is 0 Å². The first-order valence-corrected chi connectivity index (χ1v) is 16.7. The molecule has 5 aliphatic rings. The van der Waals surface area contributed by atoms with E-state index in [0.29, 0.717) is 4.90 Å². The second-order valence-electron chi connectivity index (χ2n) is 12.8. The summed E-state index contributed by atoms with van der Waals surface area (Å²) in [6.45, 7) is 5.07. The molecule has 7 heteroatoms. The van der Waals surface area contributed by atoms with Gasteiger partial charge in [-0.05, 0) is 101 Å². The molecule has 1 aromatic carbocycles. The van der Waals surface area contributed by atoms with E-state index in [0.717, 1.165) is 60.1 Å². The van der Waals surface area contributed by atoms with Crippen LogP contribution in [0.25, 0.3) is 11.3 Å². The summed E-state index contributed by atoms with van der Waals surface area (Å²) in [5.41, 5.74) is 1.96. The van der Waals surface area contributed by atoms with Crippen LogP contribution in [-0.2, 0) is 22.8 Å². The summed E-state index contributed by atoms with van der Waals surface area (Å²) in [5.74, 6) is 3.79. The molecule has 0 radical (unpaired) electrons. The lowest BCUT2D eigenvalue weighted by Gasteiger charge is -2.46. The standard InChI is InChI=1S/C30H42N4O2S/c1-37(35,36)28-9-4-23(5-10-28)29-20-33-19-24(6-11-30(33)31-29)22-12-14-32(15-13-22)27-16-25-7-8-26(17-27)34(25)18-21-2-3-21/h4-5,9-10,20-22,24-27H,2-3,6-8,11-19H2,1H3/t24-,25?,26?,27?/m1/s1. The summed E-state index contributed by atoms with van der Waals surface area (Å²) in [6.07, 6.45) is 17.1. The average Bonchev–Trinajstić information content (AvgIpc) is 3.57. The SMILES string of the molecule is CS(=O)(=O)c1ccc(-c2cn3c(n2)CC[C@@H](C2CCN(C4CC5CCC(C4)N5CC4CC4)CC2)C3)cc1. The van der Waals surface area contributed by atoms with E-state index in [1.807, 2.05) is 12.1 Å². The van der Waals surface area contributed by atoms with Crippen LogP contribution in [0.4, 0.5) is 0 Å². The van der Waals surface area contributed by atoms with Crippen LogP contribution >= 0.6 is 0 Å². The monoisotopic (exact) mass is 522 g/mol. The number of hydrogen-bond acceptors (Lipinski definition) is 5. The molecule has 1 aromatic heterocycles. The van der Waals surface area contributed by atoms with Crippen LogP contribution in [-0.4, -0.2) is 71.8 Å². The lowest BCUT2D eigenvalue weighted by Crippen LogP contribution is -2.53. The zero-order valence-electron chi connectivity index (χ0n) is 22.3. The number of imidazole rings is 1. The van der Waals surface area contributed by atoms with Crippen molar-refractivity contribution >= 4 is 9.84 Å². The van der Waals surface area contributed by atoms with Gasteiger partial charge in [-0.15, -0.1) is 0 Å². The first kappa shape index (κ1) is 24.3. The second kappa shape index (κ2) is 9.49. The molecule has 3 atom stereocenters. The Bertz CT molecular complexity index is 1210. The summed E-state index contributed by atoms with van der Waals surface area (Å²) in [4.78, 5) is 11.1. The topological polar surface area (TPSA) is 58.4 Å². The van der Waals surface area contributed by atoms with Gasteiger partial charge in [0.2, 0.25) is 0 Å². The molecule has 2 bridgehead atoms. The fourth-order valence-corrected chi connectivity index (χ4v) is 8.69. The Morgan fingerprint density at radius 1 is 0.865 bits per heavy atom. The van der Waals surface area contributed by atoms with Gasteiger partial charge in [0, 0.05) is 55.7 Å². The van der Waals surface area contributed by atoms with Gasteiger partial charge in [-0.2, -0.15) is 0 Å².